The van der Waals surface area contributed by atoms with Crippen LogP contribution in [0.3, 0.4) is 0 Å². The second-order valence-corrected chi connectivity index (χ2v) is 13.6. The quantitative estimate of drug-likeness (QED) is 0.235. The molecular formula is C37H27N8+. The Morgan fingerprint density at radius 1 is 0.644 bits per heavy atom. The highest BCUT2D eigenvalue weighted by atomic mass is 15.7. The average molecular weight is 584 g/mol. The number of benzene rings is 3. The van der Waals surface area contributed by atoms with E-state index in [1.54, 1.807) is 0 Å². The Labute approximate surface area is 256 Å². The van der Waals surface area contributed by atoms with Crippen molar-refractivity contribution in [2.24, 2.45) is 25.9 Å². The standard InChI is InChI=1S/C37H27N8/c1-17-5-9-21-25(13-17)33-38-30-22-10-6-18(2)14-26(22)35-40-32-24-12-8-20(4)16-28(24)36-41-31-23-11-7-19(3)15-27(23)34-39-29(21)42(33)37(43(30)35,44(31)34)45(32)36/h5-11,13-16,24,36H,12H2,1-4H3/q+1. The van der Waals surface area contributed by atoms with Crippen molar-refractivity contribution in [3.8, 4) is 0 Å². The monoisotopic (exact) mass is 583 g/mol. The number of fused-ring (bicyclic) bond motifs is 12. The van der Waals surface area contributed by atoms with Crippen molar-refractivity contribution in [3.63, 3.8) is 0 Å². The predicted octanol–water partition coefficient (Wildman–Crippen LogP) is 4.58. The lowest BCUT2D eigenvalue weighted by molar-refractivity contribution is -0.681. The molecule has 3 aromatic carbocycles. The number of rotatable bonds is 0. The van der Waals surface area contributed by atoms with E-state index in [4.69, 9.17) is 20.0 Å². The van der Waals surface area contributed by atoms with Gasteiger partial charge in [0.2, 0.25) is 6.17 Å². The summed E-state index contributed by atoms with van der Waals surface area (Å²) in [4.78, 5) is 22.3. The Bertz CT molecular complexity index is 2900. The molecule has 0 fully saturated rings. The minimum atomic E-state index is -0.869. The van der Waals surface area contributed by atoms with Gasteiger partial charge in [0.1, 0.15) is 5.49 Å². The minimum absolute atomic E-state index is 0.155. The molecule has 6 aliphatic rings. The van der Waals surface area contributed by atoms with Crippen LogP contribution in [-0.2, 0) is 5.91 Å². The fraction of sp³-hybridized carbons (Fsp3) is 0.216. The van der Waals surface area contributed by atoms with Crippen molar-refractivity contribution in [1.29, 1.82) is 0 Å². The zero-order chi connectivity index (χ0) is 29.7. The second-order valence-electron chi connectivity index (χ2n) is 13.6. The normalized spacial score (nSPS) is 24.0. The third-order valence-corrected chi connectivity index (χ3v) is 10.9. The Balaban J connectivity index is 1.44. The van der Waals surface area contributed by atoms with Gasteiger partial charge in [-0.25, -0.2) is 28.7 Å². The molecule has 1 aliphatic carbocycles. The van der Waals surface area contributed by atoms with Gasteiger partial charge in [-0.2, -0.15) is 4.58 Å². The molecule has 5 aliphatic heterocycles. The molecule has 0 bridgehead atoms. The maximum Gasteiger partial charge on any atom is 0.372 e. The highest BCUT2D eigenvalue weighted by molar-refractivity contribution is 6.02. The zero-order valence-corrected chi connectivity index (χ0v) is 25.3. The number of hydrogen-bond acceptors (Lipinski definition) is 4. The number of allylic oxidation sites excluding steroid dienone is 3. The topological polar surface area (TPSA) is 67.2 Å². The van der Waals surface area contributed by atoms with Crippen LogP contribution >= 0.6 is 0 Å². The van der Waals surface area contributed by atoms with E-state index >= 15 is 0 Å². The Morgan fingerprint density at radius 2 is 1.22 bits per heavy atom. The number of nitrogens with zero attached hydrogens (tertiary/aromatic N) is 8. The van der Waals surface area contributed by atoms with Gasteiger partial charge < -0.3 is 0 Å². The van der Waals surface area contributed by atoms with Crippen molar-refractivity contribution in [2.75, 3.05) is 0 Å². The van der Waals surface area contributed by atoms with Crippen LogP contribution in [0.4, 0.5) is 11.6 Å². The molecule has 8 nitrogen and oxygen atoms in total. The van der Waals surface area contributed by atoms with Crippen molar-refractivity contribution < 1.29 is 4.58 Å². The maximum atomic E-state index is 5.64. The van der Waals surface area contributed by atoms with Crippen molar-refractivity contribution in [3.05, 3.63) is 117 Å². The number of hydrogen-bond donors (Lipinski definition) is 0. The van der Waals surface area contributed by atoms with E-state index in [1.807, 2.05) is 0 Å². The highest BCUT2D eigenvalue weighted by Crippen LogP contribution is 2.50. The van der Waals surface area contributed by atoms with Crippen LogP contribution in [0.2, 0.25) is 0 Å². The summed E-state index contributed by atoms with van der Waals surface area (Å²) in [6.45, 7) is 8.69. The van der Waals surface area contributed by atoms with Crippen LogP contribution in [0.15, 0.2) is 97.9 Å². The van der Waals surface area contributed by atoms with E-state index in [0.29, 0.717) is 0 Å². The smallest absolute Gasteiger partial charge is 0.228 e. The fourth-order valence-corrected chi connectivity index (χ4v) is 9.11. The van der Waals surface area contributed by atoms with Crippen LogP contribution in [0.25, 0.3) is 32.3 Å². The van der Waals surface area contributed by atoms with Gasteiger partial charge in [-0.05, 0) is 57.3 Å². The van der Waals surface area contributed by atoms with Gasteiger partial charge in [-0.1, -0.05) is 70.8 Å². The zero-order valence-electron chi connectivity index (χ0n) is 25.3. The predicted molar refractivity (Wildman–Crippen MR) is 172 cm³/mol. The summed E-state index contributed by atoms with van der Waals surface area (Å²) in [5, 5.41) is 6.77. The first kappa shape index (κ1) is 23.1. The maximum absolute atomic E-state index is 5.64. The van der Waals surface area contributed by atoms with E-state index < -0.39 is 5.91 Å². The van der Waals surface area contributed by atoms with Gasteiger partial charge in [0.25, 0.3) is 5.49 Å². The van der Waals surface area contributed by atoms with Crippen LogP contribution in [0.1, 0.15) is 30.0 Å². The Kier molecular flexibility index (Phi) is 3.57. The van der Waals surface area contributed by atoms with Crippen molar-refractivity contribution >= 4 is 49.8 Å². The molecule has 0 N–H and O–H groups in total. The Morgan fingerprint density at radius 3 is 1.96 bits per heavy atom. The Hall–Kier alpha value is -5.37. The summed E-state index contributed by atoms with van der Waals surface area (Å²) >= 11 is 0. The lowest BCUT2D eigenvalue weighted by Gasteiger charge is -2.43. The van der Waals surface area contributed by atoms with Gasteiger partial charge in [0.05, 0.1) is 11.3 Å². The van der Waals surface area contributed by atoms with Crippen LogP contribution in [0.5, 0.6) is 0 Å². The largest absolute Gasteiger partial charge is 0.372 e. The number of amidine groups is 1. The first-order chi connectivity index (χ1) is 21.9. The summed E-state index contributed by atoms with van der Waals surface area (Å²) in [6, 6.07) is 20.1. The molecule has 0 saturated heterocycles. The SMILES string of the molecule is CC1=CCC2C(=C1)C1N=c3c4ccc(C)cc4c4n3C35n6c(c7cc(C)ccc7c6N=4)N=c4c6ccc(C)cc6c(n43)=NC2=[N+]15. The van der Waals surface area contributed by atoms with E-state index in [2.05, 4.69) is 113 Å². The van der Waals surface area contributed by atoms with Crippen LogP contribution < -0.4 is 22.0 Å². The molecule has 0 radical (unpaired) electrons. The highest BCUT2D eigenvalue weighted by Gasteiger charge is 2.65. The molecule has 0 amide bonds. The molecule has 45 heavy (non-hydrogen) atoms. The number of aromatic nitrogens is 3. The summed E-state index contributed by atoms with van der Waals surface area (Å²) in [5.74, 6) is 2.25. The molecule has 8 heterocycles. The van der Waals surface area contributed by atoms with E-state index in [9.17, 15) is 0 Å². The first-order valence-electron chi connectivity index (χ1n) is 15.8. The third-order valence-electron chi connectivity index (χ3n) is 10.9. The molecule has 0 saturated carbocycles. The molecule has 8 heteroatoms. The van der Waals surface area contributed by atoms with E-state index in [-0.39, 0.29) is 12.1 Å². The van der Waals surface area contributed by atoms with Gasteiger partial charge in [0, 0.05) is 32.5 Å². The molecule has 1 spiro atoms. The van der Waals surface area contributed by atoms with Gasteiger partial charge in [-0.3, -0.25) is 0 Å². The molecule has 6 aromatic rings. The lowest BCUT2D eigenvalue weighted by Crippen LogP contribution is -2.73. The molecule has 3 unspecified atom stereocenters. The van der Waals surface area contributed by atoms with Gasteiger partial charge in [-0.15, -0.1) is 0 Å². The summed E-state index contributed by atoms with van der Waals surface area (Å²) in [6.07, 6.45) is 5.44. The fourth-order valence-electron chi connectivity index (χ4n) is 9.11. The molecule has 214 valence electrons. The second kappa shape index (κ2) is 6.96. The third kappa shape index (κ3) is 2.28. The van der Waals surface area contributed by atoms with Crippen molar-refractivity contribution in [2.45, 2.75) is 46.2 Å². The van der Waals surface area contributed by atoms with E-state index in [0.717, 1.165) is 78.2 Å². The summed E-state index contributed by atoms with van der Waals surface area (Å²) in [5.41, 5.74) is 10.1. The van der Waals surface area contributed by atoms with Crippen LogP contribution in [-0.4, -0.2) is 30.3 Å². The number of aryl methyl sites for hydroxylation is 3. The van der Waals surface area contributed by atoms with Crippen LogP contribution in [0, 0.1) is 26.7 Å². The average Bonchev–Trinajstić information content (AvgIpc) is 3.72. The first-order valence-corrected chi connectivity index (χ1v) is 15.8. The lowest BCUT2D eigenvalue weighted by atomic mass is 9.88. The molecule has 3 atom stereocenters. The summed E-state index contributed by atoms with van der Waals surface area (Å²) < 4.78 is 9.75. The van der Waals surface area contributed by atoms with Gasteiger partial charge >= 0.3 is 11.7 Å². The molecular weight excluding hydrogens is 556 g/mol. The summed E-state index contributed by atoms with van der Waals surface area (Å²) in [7, 11) is 0. The molecule has 3 aromatic heterocycles. The van der Waals surface area contributed by atoms with Gasteiger partial charge in [0.15, 0.2) is 22.6 Å². The van der Waals surface area contributed by atoms with Crippen molar-refractivity contribution in [1.82, 2.24) is 13.7 Å². The minimum Gasteiger partial charge on any atom is -0.228 e. The molecule has 12 rings (SSSR count). The van der Waals surface area contributed by atoms with E-state index in [1.165, 1.54) is 27.8 Å².